The molecule has 0 aliphatic carbocycles. The van der Waals surface area contributed by atoms with Gasteiger partial charge in [-0.15, -0.1) is 0 Å². The molecule has 0 saturated heterocycles. The number of carbonyl (C=O) groups excluding carboxylic acids is 2. The van der Waals surface area contributed by atoms with Crippen LogP contribution >= 0.6 is 0 Å². The largest absolute Gasteiger partial charge is 0.459 e. The fourth-order valence-electron chi connectivity index (χ4n) is 2.44. The van der Waals surface area contributed by atoms with Gasteiger partial charge >= 0.3 is 5.97 Å². The van der Waals surface area contributed by atoms with Crippen molar-refractivity contribution < 1.29 is 14.3 Å². The van der Waals surface area contributed by atoms with Gasteiger partial charge in [0.25, 0.3) is 5.91 Å². The van der Waals surface area contributed by atoms with Crippen LogP contribution in [0.15, 0.2) is 42.6 Å². The van der Waals surface area contributed by atoms with Gasteiger partial charge in [-0.3, -0.25) is 14.3 Å². The van der Waals surface area contributed by atoms with E-state index in [4.69, 9.17) is 4.74 Å². The molecule has 6 heteroatoms. The summed E-state index contributed by atoms with van der Waals surface area (Å²) in [7, 11) is 1.70. The summed E-state index contributed by atoms with van der Waals surface area (Å²) in [5, 5.41) is 4.03. The van der Waals surface area contributed by atoms with Crippen molar-refractivity contribution in [3.05, 3.63) is 53.9 Å². The summed E-state index contributed by atoms with van der Waals surface area (Å²) < 4.78 is 6.87. The van der Waals surface area contributed by atoms with E-state index in [9.17, 15) is 9.59 Å². The number of carbonyl (C=O) groups is 2. The second kappa shape index (κ2) is 7.96. The van der Waals surface area contributed by atoms with Crippen molar-refractivity contribution in [1.29, 1.82) is 0 Å². The van der Waals surface area contributed by atoms with Crippen LogP contribution in [0.4, 0.5) is 0 Å². The smallest absolute Gasteiger partial charge is 0.326 e. The molecule has 0 N–H and O–H groups in total. The standard InChI is InChI=1S/C19H25N3O3/c1-19(2,3)25-17(23)14-22(13-11-15-8-6-5-7-9-15)18(24)16-10-12-20-21(16)4/h5-10,12H,11,13-14H2,1-4H3. The molecular formula is C19H25N3O3. The average Bonchev–Trinajstić information content (AvgIpc) is 2.96. The van der Waals surface area contributed by atoms with E-state index >= 15 is 0 Å². The summed E-state index contributed by atoms with van der Waals surface area (Å²) in [4.78, 5) is 26.5. The third-order valence-electron chi connectivity index (χ3n) is 3.58. The maximum absolute atomic E-state index is 12.8. The van der Waals surface area contributed by atoms with Gasteiger partial charge < -0.3 is 9.64 Å². The Labute approximate surface area is 148 Å². The average molecular weight is 343 g/mol. The topological polar surface area (TPSA) is 64.4 Å². The number of aromatic nitrogens is 2. The van der Waals surface area contributed by atoms with E-state index in [2.05, 4.69) is 5.10 Å². The van der Waals surface area contributed by atoms with Crippen LogP contribution in [0.25, 0.3) is 0 Å². The minimum Gasteiger partial charge on any atom is -0.459 e. The molecule has 0 unspecified atom stereocenters. The number of esters is 1. The first-order valence-electron chi connectivity index (χ1n) is 8.29. The van der Waals surface area contributed by atoms with Crippen molar-refractivity contribution in [2.24, 2.45) is 7.05 Å². The number of nitrogens with zero attached hydrogens (tertiary/aromatic N) is 3. The number of rotatable bonds is 6. The molecule has 25 heavy (non-hydrogen) atoms. The Morgan fingerprint density at radius 2 is 1.84 bits per heavy atom. The number of aryl methyl sites for hydroxylation is 1. The Bertz CT molecular complexity index is 717. The number of amides is 1. The summed E-state index contributed by atoms with van der Waals surface area (Å²) in [5.74, 6) is -0.655. The number of ether oxygens (including phenoxy) is 1. The highest BCUT2D eigenvalue weighted by molar-refractivity contribution is 5.94. The summed E-state index contributed by atoms with van der Waals surface area (Å²) >= 11 is 0. The normalized spacial score (nSPS) is 11.2. The molecular weight excluding hydrogens is 318 g/mol. The van der Waals surface area contributed by atoms with E-state index in [1.807, 2.05) is 51.1 Å². The maximum Gasteiger partial charge on any atom is 0.326 e. The lowest BCUT2D eigenvalue weighted by atomic mass is 10.1. The molecule has 1 heterocycles. The zero-order chi connectivity index (χ0) is 18.4. The Morgan fingerprint density at radius 1 is 1.16 bits per heavy atom. The lowest BCUT2D eigenvalue weighted by molar-refractivity contribution is -0.155. The Kier molecular flexibility index (Phi) is 5.96. The van der Waals surface area contributed by atoms with Crippen molar-refractivity contribution in [2.75, 3.05) is 13.1 Å². The van der Waals surface area contributed by atoms with Gasteiger partial charge in [-0.25, -0.2) is 0 Å². The molecule has 0 atom stereocenters. The number of hydrogen-bond acceptors (Lipinski definition) is 4. The van der Waals surface area contributed by atoms with Gasteiger partial charge in [0, 0.05) is 19.8 Å². The first kappa shape index (κ1) is 18.7. The van der Waals surface area contributed by atoms with Gasteiger partial charge in [-0.1, -0.05) is 30.3 Å². The molecule has 0 aliphatic rings. The second-order valence-corrected chi connectivity index (χ2v) is 6.89. The second-order valence-electron chi connectivity index (χ2n) is 6.89. The monoisotopic (exact) mass is 343 g/mol. The summed E-state index contributed by atoms with van der Waals surface area (Å²) in [6, 6.07) is 11.5. The predicted octanol–water partition coefficient (Wildman–Crippen LogP) is 2.45. The Morgan fingerprint density at radius 3 is 2.40 bits per heavy atom. The highest BCUT2D eigenvalue weighted by atomic mass is 16.6. The van der Waals surface area contributed by atoms with E-state index in [-0.39, 0.29) is 12.5 Å². The Balaban J connectivity index is 2.11. The third kappa shape index (κ3) is 5.74. The van der Waals surface area contributed by atoms with Gasteiger partial charge in [0.15, 0.2) is 0 Å². The van der Waals surface area contributed by atoms with Gasteiger partial charge in [0.1, 0.15) is 17.8 Å². The maximum atomic E-state index is 12.8. The molecule has 0 radical (unpaired) electrons. The van der Waals surface area contributed by atoms with E-state index in [1.54, 1.807) is 19.3 Å². The van der Waals surface area contributed by atoms with Crippen LogP contribution in [0.2, 0.25) is 0 Å². The molecule has 1 aromatic heterocycles. The minimum atomic E-state index is -0.586. The summed E-state index contributed by atoms with van der Waals surface area (Å²) in [5.41, 5.74) is 0.962. The van der Waals surface area contributed by atoms with Crippen molar-refractivity contribution in [2.45, 2.75) is 32.8 Å². The van der Waals surface area contributed by atoms with Crippen molar-refractivity contribution in [3.8, 4) is 0 Å². The zero-order valence-electron chi connectivity index (χ0n) is 15.2. The molecule has 1 aromatic carbocycles. The number of benzene rings is 1. The molecule has 1 amide bonds. The molecule has 0 fully saturated rings. The van der Waals surface area contributed by atoms with E-state index in [0.29, 0.717) is 18.7 Å². The number of hydrogen-bond donors (Lipinski definition) is 0. The highest BCUT2D eigenvalue weighted by Gasteiger charge is 2.24. The molecule has 0 bridgehead atoms. The summed E-state index contributed by atoms with van der Waals surface area (Å²) in [6.07, 6.45) is 2.23. The van der Waals surface area contributed by atoms with Gasteiger partial charge in [-0.2, -0.15) is 5.10 Å². The van der Waals surface area contributed by atoms with E-state index in [1.165, 1.54) is 9.58 Å². The molecule has 0 saturated carbocycles. The lowest BCUT2D eigenvalue weighted by Crippen LogP contribution is -2.40. The van der Waals surface area contributed by atoms with Crippen LogP contribution < -0.4 is 0 Å². The van der Waals surface area contributed by atoms with E-state index in [0.717, 1.165) is 5.56 Å². The fraction of sp³-hybridized carbons (Fsp3) is 0.421. The molecule has 0 spiro atoms. The SMILES string of the molecule is Cn1nccc1C(=O)N(CCc1ccccc1)CC(=O)OC(C)(C)C. The van der Waals surface area contributed by atoms with E-state index < -0.39 is 11.6 Å². The quantitative estimate of drug-likeness (QED) is 0.756. The van der Waals surface area contributed by atoms with Crippen molar-refractivity contribution >= 4 is 11.9 Å². The first-order valence-corrected chi connectivity index (χ1v) is 8.29. The zero-order valence-corrected chi connectivity index (χ0v) is 15.2. The summed E-state index contributed by atoms with van der Waals surface area (Å²) in [6.45, 7) is 5.76. The van der Waals surface area contributed by atoms with Gasteiger partial charge in [0.2, 0.25) is 0 Å². The van der Waals surface area contributed by atoms with Crippen molar-refractivity contribution in [3.63, 3.8) is 0 Å². The van der Waals surface area contributed by atoms with Crippen LogP contribution in [0.1, 0.15) is 36.8 Å². The molecule has 2 aromatic rings. The van der Waals surface area contributed by atoms with Crippen molar-refractivity contribution in [1.82, 2.24) is 14.7 Å². The van der Waals surface area contributed by atoms with Gasteiger partial charge in [0.05, 0.1) is 0 Å². The first-order chi connectivity index (χ1) is 11.8. The van der Waals surface area contributed by atoms with Crippen LogP contribution in [0, 0.1) is 0 Å². The Hall–Kier alpha value is -2.63. The minimum absolute atomic E-state index is 0.0892. The molecule has 2 rings (SSSR count). The van der Waals surface area contributed by atoms with Crippen LogP contribution in [-0.2, 0) is 23.0 Å². The molecule has 134 valence electrons. The highest BCUT2D eigenvalue weighted by Crippen LogP contribution is 2.10. The fourth-order valence-corrected chi connectivity index (χ4v) is 2.44. The van der Waals surface area contributed by atoms with Crippen LogP contribution in [-0.4, -0.2) is 45.2 Å². The molecule has 0 aliphatic heterocycles. The molecule has 6 nitrogen and oxygen atoms in total. The predicted molar refractivity (Wildman–Crippen MR) is 95.1 cm³/mol. The lowest BCUT2D eigenvalue weighted by Gasteiger charge is -2.25. The van der Waals surface area contributed by atoms with Gasteiger partial charge in [-0.05, 0) is 38.8 Å². The van der Waals surface area contributed by atoms with Crippen LogP contribution in [0.3, 0.4) is 0 Å². The third-order valence-corrected chi connectivity index (χ3v) is 3.58. The van der Waals surface area contributed by atoms with Crippen LogP contribution in [0.5, 0.6) is 0 Å².